The summed E-state index contributed by atoms with van der Waals surface area (Å²) < 4.78 is 4.83. The van der Waals surface area contributed by atoms with Crippen LogP contribution in [0.2, 0.25) is 0 Å². The van der Waals surface area contributed by atoms with E-state index >= 15 is 0 Å². The summed E-state index contributed by atoms with van der Waals surface area (Å²) in [6.07, 6.45) is 0.629. The predicted octanol–water partition coefficient (Wildman–Crippen LogP) is -0.352. The molecular formula is C7H15NO3. The molecule has 0 spiro atoms. The molecule has 0 fully saturated rings. The fourth-order valence-corrected chi connectivity index (χ4v) is 0.444. The van der Waals surface area contributed by atoms with Crippen molar-refractivity contribution in [3.63, 3.8) is 0 Å². The van der Waals surface area contributed by atoms with Gasteiger partial charge in [0, 0.05) is 0 Å². The average Bonchev–Trinajstić information content (AvgIpc) is 2.02. The predicted molar refractivity (Wildman–Crippen MR) is 40.9 cm³/mol. The maximum atomic E-state index is 10.8. The smallest absolute Gasteiger partial charge is 0.325 e. The van der Waals surface area contributed by atoms with Crippen LogP contribution in [-0.4, -0.2) is 29.8 Å². The summed E-state index contributed by atoms with van der Waals surface area (Å²) in [5.74, 6) is -0.540. The van der Waals surface area contributed by atoms with Crippen LogP contribution in [0.1, 0.15) is 20.3 Å². The quantitative estimate of drug-likeness (QED) is 0.553. The highest BCUT2D eigenvalue weighted by atomic mass is 16.5. The van der Waals surface area contributed by atoms with Crippen LogP contribution in [-0.2, 0) is 9.53 Å². The Kier molecular flexibility index (Phi) is 4.81. The Bertz CT molecular complexity index is 127. The number of nitrogens with two attached hydrogens (primary N) is 1. The Balaban J connectivity index is 3.68. The van der Waals surface area contributed by atoms with Gasteiger partial charge in [-0.15, -0.1) is 0 Å². The zero-order chi connectivity index (χ0) is 8.85. The minimum Gasteiger partial charge on any atom is -0.461 e. The van der Waals surface area contributed by atoms with Gasteiger partial charge in [-0.1, -0.05) is 6.92 Å². The standard InChI is InChI=1S/C7H15NO3/c1-3-5(2)11-7(10)6(8)4-9/h5-6,9H,3-4,8H2,1-2H3/t5?,6-/m0/s1. The van der Waals surface area contributed by atoms with Crippen molar-refractivity contribution in [1.82, 2.24) is 0 Å². The van der Waals surface area contributed by atoms with Crippen LogP contribution in [0.3, 0.4) is 0 Å². The van der Waals surface area contributed by atoms with E-state index in [0.29, 0.717) is 0 Å². The molecule has 3 N–H and O–H groups in total. The number of aliphatic hydroxyl groups is 1. The number of hydrogen-bond donors (Lipinski definition) is 2. The molecule has 0 radical (unpaired) electrons. The molecule has 0 aliphatic carbocycles. The molecule has 0 bridgehead atoms. The van der Waals surface area contributed by atoms with Crippen LogP contribution in [0.5, 0.6) is 0 Å². The lowest BCUT2D eigenvalue weighted by Gasteiger charge is -2.13. The molecule has 2 atom stereocenters. The first kappa shape index (κ1) is 10.4. The lowest BCUT2D eigenvalue weighted by molar-refractivity contribution is -0.150. The van der Waals surface area contributed by atoms with E-state index in [1.165, 1.54) is 0 Å². The van der Waals surface area contributed by atoms with Gasteiger partial charge in [0.2, 0.25) is 0 Å². The van der Waals surface area contributed by atoms with E-state index in [1.807, 2.05) is 6.92 Å². The highest BCUT2D eigenvalue weighted by molar-refractivity contribution is 5.75. The normalized spacial score (nSPS) is 15.6. The number of aliphatic hydroxyl groups excluding tert-OH is 1. The van der Waals surface area contributed by atoms with Gasteiger partial charge in [-0.05, 0) is 13.3 Å². The Hall–Kier alpha value is -0.610. The van der Waals surface area contributed by atoms with Crippen molar-refractivity contribution in [2.75, 3.05) is 6.61 Å². The molecule has 0 heterocycles. The second-order valence-corrected chi connectivity index (χ2v) is 2.44. The topological polar surface area (TPSA) is 72.5 Å². The zero-order valence-electron chi connectivity index (χ0n) is 6.91. The number of carbonyl (C=O) groups excluding carboxylic acids is 1. The summed E-state index contributed by atoms with van der Waals surface area (Å²) in [6.45, 7) is 3.32. The van der Waals surface area contributed by atoms with Crippen molar-refractivity contribution in [3.05, 3.63) is 0 Å². The SMILES string of the molecule is CCC(C)OC(=O)[C@@H](N)CO. The van der Waals surface area contributed by atoms with Gasteiger partial charge in [0.25, 0.3) is 0 Å². The molecule has 0 aromatic carbocycles. The third-order valence-corrected chi connectivity index (χ3v) is 1.39. The number of ether oxygens (including phenoxy) is 1. The molecule has 1 unspecified atom stereocenters. The first-order chi connectivity index (χ1) is 5.11. The first-order valence-electron chi connectivity index (χ1n) is 3.68. The number of hydrogen-bond acceptors (Lipinski definition) is 4. The minimum atomic E-state index is -0.899. The summed E-state index contributed by atoms with van der Waals surface area (Å²) >= 11 is 0. The maximum Gasteiger partial charge on any atom is 0.325 e. The Morgan fingerprint density at radius 2 is 2.27 bits per heavy atom. The monoisotopic (exact) mass is 161 g/mol. The molecule has 11 heavy (non-hydrogen) atoms. The summed E-state index contributed by atoms with van der Waals surface area (Å²) in [4.78, 5) is 10.8. The molecule has 0 amide bonds. The Labute approximate surface area is 66.3 Å². The van der Waals surface area contributed by atoms with Crippen molar-refractivity contribution in [1.29, 1.82) is 0 Å². The highest BCUT2D eigenvalue weighted by Gasteiger charge is 2.15. The molecule has 66 valence electrons. The van der Waals surface area contributed by atoms with Crippen molar-refractivity contribution in [3.8, 4) is 0 Å². The molecule has 4 nitrogen and oxygen atoms in total. The molecule has 0 saturated carbocycles. The molecule has 0 rings (SSSR count). The average molecular weight is 161 g/mol. The van der Waals surface area contributed by atoms with Gasteiger partial charge in [0.15, 0.2) is 0 Å². The van der Waals surface area contributed by atoms with E-state index in [2.05, 4.69) is 0 Å². The van der Waals surface area contributed by atoms with Crippen LogP contribution >= 0.6 is 0 Å². The van der Waals surface area contributed by atoms with Crippen molar-refractivity contribution >= 4 is 5.97 Å². The van der Waals surface area contributed by atoms with E-state index in [-0.39, 0.29) is 12.7 Å². The summed E-state index contributed by atoms with van der Waals surface area (Å²) in [5, 5.41) is 8.46. The zero-order valence-corrected chi connectivity index (χ0v) is 6.91. The van der Waals surface area contributed by atoms with E-state index in [4.69, 9.17) is 15.6 Å². The van der Waals surface area contributed by atoms with Crippen LogP contribution in [0.25, 0.3) is 0 Å². The fraction of sp³-hybridized carbons (Fsp3) is 0.857. The molecule has 4 heteroatoms. The number of rotatable bonds is 4. The van der Waals surface area contributed by atoms with Crippen LogP contribution in [0.4, 0.5) is 0 Å². The first-order valence-corrected chi connectivity index (χ1v) is 3.68. The summed E-state index contributed by atoms with van der Waals surface area (Å²) in [5.41, 5.74) is 5.19. The van der Waals surface area contributed by atoms with E-state index < -0.39 is 12.0 Å². The van der Waals surface area contributed by atoms with Crippen LogP contribution < -0.4 is 5.73 Å². The molecule has 0 aliphatic heterocycles. The van der Waals surface area contributed by atoms with Crippen molar-refractivity contribution < 1.29 is 14.6 Å². The van der Waals surface area contributed by atoms with Gasteiger partial charge >= 0.3 is 5.97 Å². The van der Waals surface area contributed by atoms with E-state index in [1.54, 1.807) is 6.92 Å². The Morgan fingerprint density at radius 1 is 1.73 bits per heavy atom. The molecule has 0 aliphatic rings. The number of carbonyl (C=O) groups is 1. The second kappa shape index (κ2) is 5.09. The van der Waals surface area contributed by atoms with Crippen LogP contribution in [0, 0.1) is 0 Å². The third kappa shape index (κ3) is 3.95. The van der Waals surface area contributed by atoms with Gasteiger partial charge in [0.1, 0.15) is 6.04 Å². The Morgan fingerprint density at radius 3 is 2.64 bits per heavy atom. The molecular weight excluding hydrogens is 146 g/mol. The highest BCUT2D eigenvalue weighted by Crippen LogP contribution is 1.97. The van der Waals surface area contributed by atoms with Crippen molar-refractivity contribution in [2.24, 2.45) is 5.73 Å². The van der Waals surface area contributed by atoms with E-state index in [0.717, 1.165) is 6.42 Å². The lowest BCUT2D eigenvalue weighted by Crippen LogP contribution is -2.37. The maximum absolute atomic E-state index is 10.8. The fourth-order valence-electron chi connectivity index (χ4n) is 0.444. The minimum absolute atomic E-state index is 0.125. The summed E-state index contributed by atoms with van der Waals surface area (Å²) in [6, 6.07) is -0.899. The third-order valence-electron chi connectivity index (χ3n) is 1.39. The van der Waals surface area contributed by atoms with Gasteiger partial charge in [-0.2, -0.15) is 0 Å². The molecule has 0 saturated heterocycles. The molecule has 0 aromatic rings. The van der Waals surface area contributed by atoms with Crippen LogP contribution in [0.15, 0.2) is 0 Å². The van der Waals surface area contributed by atoms with Gasteiger partial charge in [0.05, 0.1) is 12.7 Å². The second-order valence-electron chi connectivity index (χ2n) is 2.44. The van der Waals surface area contributed by atoms with Gasteiger partial charge in [-0.25, -0.2) is 0 Å². The van der Waals surface area contributed by atoms with E-state index in [9.17, 15) is 4.79 Å². The molecule has 0 aromatic heterocycles. The van der Waals surface area contributed by atoms with Gasteiger partial charge < -0.3 is 15.6 Å². The lowest BCUT2D eigenvalue weighted by atomic mass is 10.3. The van der Waals surface area contributed by atoms with Gasteiger partial charge in [-0.3, -0.25) is 4.79 Å². The number of esters is 1. The summed E-state index contributed by atoms with van der Waals surface area (Å²) in [7, 11) is 0. The van der Waals surface area contributed by atoms with Crippen molar-refractivity contribution in [2.45, 2.75) is 32.4 Å². The largest absolute Gasteiger partial charge is 0.461 e.